The lowest BCUT2D eigenvalue weighted by Crippen LogP contribution is -2.60. The van der Waals surface area contributed by atoms with Crippen molar-refractivity contribution in [2.75, 3.05) is 21.3 Å². The number of carbonyl (C=O) groups excluding carboxylic acids is 6. The number of rotatable bonds is 15. The molecule has 12 aliphatic carbocycles. The number of carbonyl (C=O) groups is 6. The van der Waals surface area contributed by atoms with Crippen molar-refractivity contribution in [2.45, 2.75) is 281 Å². The van der Waals surface area contributed by atoms with Crippen molar-refractivity contribution in [3.05, 3.63) is 12.2 Å². The molecule has 12 aliphatic rings. The van der Waals surface area contributed by atoms with E-state index in [-0.39, 0.29) is 92.7 Å². The highest BCUT2D eigenvalue weighted by molar-refractivity contribution is 5.87. The predicted molar refractivity (Wildman–Crippen MR) is 362 cm³/mol. The first kappa shape index (κ1) is 71.8. The summed E-state index contributed by atoms with van der Waals surface area (Å²) >= 11 is 0. The van der Waals surface area contributed by atoms with Crippen LogP contribution in [0.1, 0.15) is 269 Å². The van der Waals surface area contributed by atoms with Crippen LogP contribution in [-0.2, 0) is 43.0 Å². The molecule has 0 amide bonds. The molecule has 0 saturated heterocycles. The Bertz CT molecular complexity index is 2560. The third-order valence-electron chi connectivity index (χ3n) is 32.3. The largest absolute Gasteiger partial charge is 0.469 e. The van der Waals surface area contributed by atoms with E-state index in [1.54, 1.807) is 0 Å². The lowest BCUT2D eigenvalue weighted by molar-refractivity contribution is -0.173. The van der Waals surface area contributed by atoms with E-state index in [1.165, 1.54) is 72.7 Å². The molecule has 11 fully saturated rings. The highest BCUT2D eigenvalue weighted by atomic mass is 16.5. The molecule has 0 aromatic rings. The molecule has 92 heavy (non-hydrogen) atoms. The SMILES string of the molecule is CC[C@H]1C(=O)C2C3CC[C@H]([C@H](C)CCC(=O)OC)[C@@]3(C)CCC2[C@@]2(C)CC=CC[C@@H]12.CC[C@H]1C(=O)C2C3CC[C@H]([C@H](C)CCC(=O)OC)[C@@]3(C)CCC2[C@@]2(C)CC[C@@H](O)C[C@@H]12.CC[C@H]1C(=O)C2C3CC[C@H]([C@H](C)CCC(=O)OC)[C@@]3(C)CCC2[C@@]2(C)CC[C@H](O)C[C@@H]12. The second-order valence-corrected chi connectivity index (χ2v) is 35.5. The lowest BCUT2D eigenvalue weighted by atomic mass is 9.42. The van der Waals surface area contributed by atoms with Crippen molar-refractivity contribution in [1.82, 2.24) is 0 Å². The van der Waals surface area contributed by atoms with Crippen LogP contribution in [0.5, 0.6) is 0 Å². The van der Waals surface area contributed by atoms with Gasteiger partial charge in [0, 0.05) is 54.8 Å². The number of esters is 3. The van der Waals surface area contributed by atoms with Gasteiger partial charge in [-0.05, 0) is 288 Å². The summed E-state index contributed by atoms with van der Waals surface area (Å²) in [5, 5.41) is 20.8. The van der Waals surface area contributed by atoms with Crippen LogP contribution in [0.3, 0.4) is 0 Å². The van der Waals surface area contributed by atoms with Crippen LogP contribution in [0.4, 0.5) is 0 Å². The summed E-state index contributed by atoms with van der Waals surface area (Å²) in [6, 6.07) is 0. The van der Waals surface area contributed by atoms with E-state index >= 15 is 0 Å². The zero-order chi connectivity index (χ0) is 66.8. The first-order chi connectivity index (χ1) is 43.6. The Morgan fingerprint density at radius 3 is 1.02 bits per heavy atom. The van der Waals surface area contributed by atoms with Gasteiger partial charge in [-0.3, -0.25) is 28.8 Å². The number of hydrogen-bond donors (Lipinski definition) is 2. The molecule has 0 radical (unpaired) electrons. The van der Waals surface area contributed by atoms with E-state index in [0.717, 1.165) is 116 Å². The Hall–Kier alpha value is -2.92. The van der Waals surface area contributed by atoms with Gasteiger partial charge in [-0.1, -0.05) is 95.2 Å². The third-order valence-corrected chi connectivity index (χ3v) is 32.3. The van der Waals surface area contributed by atoms with Gasteiger partial charge in [0.05, 0.1) is 33.5 Å². The summed E-state index contributed by atoms with van der Waals surface area (Å²) in [5.41, 5.74) is 1.37. The maximum Gasteiger partial charge on any atom is 0.305 e. The van der Waals surface area contributed by atoms with Crippen LogP contribution >= 0.6 is 0 Å². The van der Waals surface area contributed by atoms with Crippen LogP contribution in [-0.4, -0.2) is 79.0 Å². The quantitative estimate of drug-likeness (QED) is 0.0908. The van der Waals surface area contributed by atoms with Crippen molar-refractivity contribution in [3.63, 3.8) is 0 Å². The molecule has 520 valence electrons. The number of aliphatic hydroxyl groups excluding tert-OH is 2. The summed E-state index contributed by atoms with van der Waals surface area (Å²) in [6.45, 7) is 28.4. The fourth-order valence-corrected chi connectivity index (χ4v) is 27.4. The molecule has 0 spiro atoms. The Labute approximate surface area is 557 Å². The van der Waals surface area contributed by atoms with Crippen LogP contribution < -0.4 is 0 Å². The van der Waals surface area contributed by atoms with E-state index < -0.39 is 0 Å². The Kier molecular flexibility index (Phi) is 22.0. The topological polar surface area (TPSA) is 171 Å². The van der Waals surface area contributed by atoms with Crippen molar-refractivity contribution < 1.29 is 53.2 Å². The van der Waals surface area contributed by atoms with Crippen LogP contribution in [0.2, 0.25) is 0 Å². The summed E-state index contributed by atoms with van der Waals surface area (Å²) in [5.74, 6) is 10.1. The molecule has 11 heteroatoms. The minimum absolute atomic E-state index is 0.0946. The van der Waals surface area contributed by atoms with E-state index in [9.17, 15) is 39.0 Å². The average Bonchev–Trinajstić information content (AvgIpc) is 1.14. The molecule has 0 aliphatic heterocycles. The maximum absolute atomic E-state index is 14.0. The Morgan fingerprint density at radius 2 is 0.707 bits per heavy atom. The molecular formula is C81H130O11. The van der Waals surface area contributed by atoms with Gasteiger partial charge in [-0.15, -0.1) is 0 Å². The number of fused-ring (bicyclic) bond motifs is 15. The summed E-state index contributed by atoms with van der Waals surface area (Å²) in [7, 11) is 4.42. The van der Waals surface area contributed by atoms with E-state index in [4.69, 9.17) is 14.2 Å². The van der Waals surface area contributed by atoms with Crippen LogP contribution in [0.15, 0.2) is 12.2 Å². The Morgan fingerprint density at radius 1 is 0.413 bits per heavy atom. The summed E-state index contributed by atoms with van der Waals surface area (Å²) < 4.78 is 14.6. The van der Waals surface area contributed by atoms with E-state index in [2.05, 4.69) is 95.2 Å². The number of ketones is 3. The van der Waals surface area contributed by atoms with Crippen molar-refractivity contribution >= 4 is 35.3 Å². The standard InChI is InChI=1S/2C27H44O4.C27H42O3/c2*1-6-18-22-15-17(28)11-13-27(22,4)21-12-14-26(3)19(16(2)7-10-23(29)31-5)8-9-20(26)24(21)25(18)30;1-6-18-20-9-7-8-15-26(20,3)22-14-16-27(4)19(17(2)10-13-23(28)30-5)11-12-21(27)24(22)25(18)29/h2*16-22,24,28H,6-15H2,1-5H3;7-8,17-22,24H,6,9-16H2,1-5H3/t16-,17+,18-,19-,20?,21?,22+,24?,26-,27-;16-,17-,18-,19-,20?,21?,22+,24?,26-,27-;17-,18-,19-,20+,21?,22?,24?,26+,27-/m111/s1. The number of ether oxygens (including phenoxy) is 3. The van der Waals surface area contributed by atoms with E-state index in [0.29, 0.717) is 131 Å². The number of hydrogen-bond acceptors (Lipinski definition) is 11. The van der Waals surface area contributed by atoms with Gasteiger partial charge in [0.15, 0.2) is 0 Å². The summed E-state index contributed by atoms with van der Waals surface area (Å²) in [6.07, 6.45) is 33.5. The lowest BCUT2D eigenvalue weighted by Gasteiger charge is -2.62. The first-order valence-electron chi connectivity index (χ1n) is 38.4. The highest BCUT2D eigenvalue weighted by Crippen LogP contribution is 2.72. The van der Waals surface area contributed by atoms with Gasteiger partial charge in [-0.25, -0.2) is 0 Å². The molecule has 29 atom stereocenters. The second-order valence-electron chi connectivity index (χ2n) is 35.5. The molecule has 0 aromatic carbocycles. The van der Waals surface area contributed by atoms with Gasteiger partial charge < -0.3 is 24.4 Å². The monoisotopic (exact) mass is 1280 g/mol. The molecule has 11 nitrogen and oxygen atoms in total. The minimum Gasteiger partial charge on any atom is -0.469 e. The second kappa shape index (κ2) is 28.1. The third kappa shape index (κ3) is 12.3. The van der Waals surface area contributed by atoms with E-state index in [1.807, 2.05) is 0 Å². The number of Topliss-reactive ketones (excluding diaryl/α,β-unsaturated/α-hetero) is 3. The van der Waals surface area contributed by atoms with Gasteiger partial charge in [0.1, 0.15) is 17.3 Å². The maximum atomic E-state index is 14.0. The number of allylic oxidation sites excluding steroid dienone is 2. The van der Waals surface area contributed by atoms with Crippen molar-refractivity contribution in [3.8, 4) is 0 Å². The average molecular weight is 1280 g/mol. The first-order valence-corrected chi connectivity index (χ1v) is 38.4. The minimum atomic E-state index is -0.225. The van der Waals surface area contributed by atoms with Gasteiger partial charge in [0.2, 0.25) is 0 Å². The Balaban J connectivity index is 0.000000151. The number of aliphatic hydroxyl groups is 2. The van der Waals surface area contributed by atoms with Gasteiger partial charge in [-0.2, -0.15) is 0 Å². The van der Waals surface area contributed by atoms with Gasteiger partial charge >= 0.3 is 17.9 Å². The molecule has 0 heterocycles. The fraction of sp³-hybridized carbons (Fsp3) is 0.901. The normalized spacial score (nSPS) is 47.2. The van der Waals surface area contributed by atoms with Gasteiger partial charge in [0.25, 0.3) is 0 Å². The molecule has 2 N–H and O–H groups in total. The molecule has 0 bridgehead atoms. The number of methoxy groups -OCH3 is 3. The summed E-state index contributed by atoms with van der Waals surface area (Å²) in [4.78, 5) is 76.9. The van der Waals surface area contributed by atoms with Crippen molar-refractivity contribution in [1.29, 1.82) is 0 Å². The van der Waals surface area contributed by atoms with Crippen LogP contribution in [0.25, 0.3) is 0 Å². The molecular weight excluding hydrogens is 1150 g/mol. The fourth-order valence-electron chi connectivity index (χ4n) is 27.4. The molecule has 9 unspecified atom stereocenters. The van der Waals surface area contributed by atoms with Crippen molar-refractivity contribution in [2.24, 2.45) is 157 Å². The smallest absolute Gasteiger partial charge is 0.305 e. The molecule has 11 saturated carbocycles. The predicted octanol–water partition coefficient (Wildman–Crippen LogP) is 17.0. The zero-order valence-corrected chi connectivity index (χ0v) is 60.5. The molecule has 12 rings (SSSR count). The van der Waals surface area contributed by atoms with Crippen LogP contribution in [0, 0.1) is 157 Å². The molecule has 0 aromatic heterocycles. The highest BCUT2D eigenvalue weighted by Gasteiger charge is 2.68. The zero-order valence-electron chi connectivity index (χ0n) is 60.5.